The summed E-state index contributed by atoms with van der Waals surface area (Å²) in [6, 6.07) is 15.4. The van der Waals surface area contributed by atoms with E-state index < -0.39 is 10.0 Å². The van der Waals surface area contributed by atoms with E-state index in [1.807, 2.05) is 30.3 Å². The normalized spacial score (nSPS) is 12.5. The molecule has 0 heterocycles. The second-order valence-electron chi connectivity index (χ2n) is 6.04. The van der Waals surface area contributed by atoms with E-state index in [0.29, 0.717) is 5.56 Å². The van der Waals surface area contributed by atoms with Gasteiger partial charge in [0, 0.05) is 32.7 Å². The molecule has 1 amide bonds. The first-order chi connectivity index (χ1) is 12.9. The minimum Gasteiger partial charge on any atom is -0.383 e. The number of hydrogen-bond donors (Lipinski definition) is 3. The van der Waals surface area contributed by atoms with Gasteiger partial charge in [0.25, 0.3) is 0 Å². The van der Waals surface area contributed by atoms with E-state index >= 15 is 0 Å². The third kappa shape index (κ3) is 6.76. The summed E-state index contributed by atoms with van der Waals surface area (Å²) >= 11 is 0. The number of amides is 1. The molecule has 0 saturated heterocycles. The van der Waals surface area contributed by atoms with Crippen LogP contribution in [0.25, 0.3) is 0 Å². The molecule has 0 spiro atoms. The summed E-state index contributed by atoms with van der Waals surface area (Å²) in [5.74, 6) is -0.196. The molecule has 8 heteroatoms. The number of nitrogens with one attached hydrogen (secondary N) is 2. The van der Waals surface area contributed by atoms with Gasteiger partial charge in [0.05, 0.1) is 11.5 Å². The predicted octanol–water partition coefficient (Wildman–Crippen LogP) is 1.32. The molecule has 2 rings (SSSR count). The third-order valence-corrected chi connectivity index (χ3v) is 5.39. The molecule has 7 nitrogen and oxygen atoms in total. The van der Waals surface area contributed by atoms with Crippen molar-refractivity contribution in [1.29, 1.82) is 0 Å². The van der Waals surface area contributed by atoms with E-state index in [4.69, 9.17) is 10.5 Å². The lowest BCUT2D eigenvalue weighted by Gasteiger charge is -2.12. The Hall–Kier alpha value is -2.26. The lowest BCUT2D eigenvalue weighted by Crippen LogP contribution is -2.28. The highest BCUT2D eigenvalue weighted by atomic mass is 32.2. The highest BCUT2D eigenvalue weighted by Crippen LogP contribution is 2.14. The molecule has 0 aliphatic carbocycles. The van der Waals surface area contributed by atoms with E-state index in [0.717, 1.165) is 5.56 Å². The standard InChI is InChI=1S/C19H25N3O4S/c1-26-11-10-22-27(24,25)17-9-5-6-15(12-17)14-21-19(23)13-18(20)16-7-3-2-4-8-16/h2-9,12,18,22H,10-11,13-14,20H2,1H3,(H,21,23). The number of sulfonamides is 1. The summed E-state index contributed by atoms with van der Waals surface area (Å²) in [7, 11) is -2.11. The fourth-order valence-electron chi connectivity index (χ4n) is 2.47. The molecular formula is C19H25N3O4S. The first kappa shape index (κ1) is 21.0. The van der Waals surface area contributed by atoms with Crippen LogP contribution in [0.15, 0.2) is 59.5 Å². The molecule has 2 aromatic rings. The second kappa shape index (κ2) is 10.2. The summed E-state index contributed by atoms with van der Waals surface area (Å²) in [6.07, 6.45) is 0.153. The number of carbonyl (C=O) groups is 1. The highest BCUT2D eigenvalue weighted by Gasteiger charge is 2.14. The summed E-state index contributed by atoms with van der Waals surface area (Å²) in [6.45, 7) is 0.704. The van der Waals surface area contributed by atoms with Gasteiger partial charge in [0.1, 0.15) is 0 Å². The summed E-state index contributed by atoms with van der Waals surface area (Å²) < 4.78 is 31.8. The molecule has 4 N–H and O–H groups in total. The van der Waals surface area contributed by atoms with Gasteiger partial charge in [-0.25, -0.2) is 13.1 Å². The Bertz CT molecular complexity index is 841. The summed E-state index contributed by atoms with van der Waals surface area (Å²) in [5.41, 5.74) is 7.62. The zero-order valence-corrected chi connectivity index (χ0v) is 16.0. The Balaban J connectivity index is 1.91. The maximum atomic E-state index is 12.2. The van der Waals surface area contributed by atoms with Gasteiger partial charge in [-0.3, -0.25) is 4.79 Å². The number of methoxy groups -OCH3 is 1. The van der Waals surface area contributed by atoms with Gasteiger partial charge in [-0.2, -0.15) is 0 Å². The van der Waals surface area contributed by atoms with Crippen molar-refractivity contribution in [2.75, 3.05) is 20.3 Å². The van der Waals surface area contributed by atoms with Crippen molar-refractivity contribution in [2.24, 2.45) is 5.73 Å². The minimum absolute atomic E-state index is 0.145. The van der Waals surface area contributed by atoms with Crippen molar-refractivity contribution >= 4 is 15.9 Å². The van der Waals surface area contributed by atoms with E-state index in [2.05, 4.69) is 10.0 Å². The fourth-order valence-corrected chi connectivity index (χ4v) is 3.56. The quantitative estimate of drug-likeness (QED) is 0.529. The van der Waals surface area contributed by atoms with Crippen LogP contribution in [0.1, 0.15) is 23.6 Å². The predicted molar refractivity (Wildman–Crippen MR) is 103 cm³/mol. The van der Waals surface area contributed by atoms with Crippen molar-refractivity contribution in [2.45, 2.75) is 23.9 Å². The molecule has 146 valence electrons. The van der Waals surface area contributed by atoms with Crippen LogP contribution in [-0.2, 0) is 26.1 Å². The molecule has 1 atom stereocenters. The smallest absolute Gasteiger partial charge is 0.240 e. The van der Waals surface area contributed by atoms with Crippen LogP contribution in [0.5, 0.6) is 0 Å². The zero-order chi connectivity index (χ0) is 19.7. The van der Waals surface area contributed by atoms with Gasteiger partial charge in [-0.15, -0.1) is 0 Å². The SMILES string of the molecule is COCCNS(=O)(=O)c1cccc(CNC(=O)CC(N)c2ccccc2)c1. The van der Waals surface area contributed by atoms with E-state index in [-0.39, 0.29) is 43.0 Å². The van der Waals surface area contributed by atoms with Crippen molar-refractivity contribution in [3.8, 4) is 0 Å². The first-order valence-corrected chi connectivity index (χ1v) is 10.1. The molecular weight excluding hydrogens is 366 g/mol. The van der Waals surface area contributed by atoms with Crippen molar-refractivity contribution < 1.29 is 17.9 Å². The van der Waals surface area contributed by atoms with Gasteiger partial charge < -0.3 is 15.8 Å². The molecule has 27 heavy (non-hydrogen) atoms. The van der Waals surface area contributed by atoms with Crippen LogP contribution in [0, 0.1) is 0 Å². The molecule has 0 bridgehead atoms. The Kier molecular flexibility index (Phi) is 7.93. The molecule has 0 aliphatic rings. The second-order valence-corrected chi connectivity index (χ2v) is 7.80. The van der Waals surface area contributed by atoms with Crippen LogP contribution >= 0.6 is 0 Å². The molecule has 0 aromatic heterocycles. The largest absolute Gasteiger partial charge is 0.383 e. The van der Waals surface area contributed by atoms with Gasteiger partial charge in [-0.05, 0) is 23.3 Å². The lowest BCUT2D eigenvalue weighted by molar-refractivity contribution is -0.121. The maximum absolute atomic E-state index is 12.2. The average molecular weight is 391 g/mol. The van der Waals surface area contributed by atoms with E-state index in [9.17, 15) is 13.2 Å². The van der Waals surface area contributed by atoms with Crippen LogP contribution in [-0.4, -0.2) is 34.6 Å². The molecule has 0 saturated carbocycles. The maximum Gasteiger partial charge on any atom is 0.240 e. The molecule has 0 aliphatic heterocycles. The Morgan fingerprint density at radius 1 is 1.15 bits per heavy atom. The molecule has 0 fully saturated rings. The van der Waals surface area contributed by atoms with Gasteiger partial charge in [-0.1, -0.05) is 42.5 Å². The summed E-state index contributed by atoms with van der Waals surface area (Å²) in [5, 5.41) is 2.78. The Labute approximate surface area is 160 Å². The number of rotatable bonds is 10. The number of carbonyl (C=O) groups excluding carboxylic acids is 1. The number of nitrogens with two attached hydrogens (primary N) is 1. The topological polar surface area (TPSA) is 111 Å². The highest BCUT2D eigenvalue weighted by molar-refractivity contribution is 7.89. The third-order valence-electron chi connectivity index (χ3n) is 3.93. The fraction of sp³-hybridized carbons (Fsp3) is 0.316. The van der Waals surface area contributed by atoms with Crippen LogP contribution in [0.2, 0.25) is 0 Å². The minimum atomic E-state index is -3.61. The Morgan fingerprint density at radius 2 is 1.89 bits per heavy atom. The van der Waals surface area contributed by atoms with Crippen molar-refractivity contribution in [3.05, 3.63) is 65.7 Å². The number of ether oxygens (including phenoxy) is 1. The van der Waals surface area contributed by atoms with E-state index in [1.165, 1.54) is 19.2 Å². The van der Waals surface area contributed by atoms with Crippen molar-refractivity contribution in [1.82, 2.24) is 10.0 Å². The summed E-state index contributed by atoms with van der Waals surface area (Å²) in [4.78, 5) is 12.3. The first-order valence-electron chi connectivity index (χ1n) is 8.57. The molecule has 2 aromatic carbocycles. The molecule has 0 radical (unpaired) electrons. The molecule has 1 unspecified atom stereocenters. The monoisotopic (exact) mass is 391 g/mol. The van der Waals surface area contributed by atoms with Crippen LogP contribution in [0.4, 0.5) is 0 Å². The average Bonchev–Trinajstić information content (AvgIpc) is 2.67. The van der Waals surface area contributed by atoms with Gasteiger partial charge >= 0.3 is 0 Å². The number of hydrogen-bond acceptors (Lipinski definition) is 5. The lowest BCUT2D eigenvalue weighted by atomic mass is 10.0. The van der Waals surface area contributed by atoms with Gasteiger partial charge in [0.15, 0.2) is 0 Å². The van der Waals surface area contributed by atoms with Crippen LogP contribution in [0.3, 0.4) is 0 Å². The van der Waals surface area contributed by atoms with Gasteiger partial charge in [0.2, 0.25) is 15.9 Å². The zero-order valence-electron chi connectivity index (χ0n) is 15.2. The Morgan fingerprint density at radius 3 is 2.59 bits per heavy atom. The van der Waals surface area contributed by atoms with Crippen LogP contribution < -0.4 is 15.8 Å². The van der Waals surface area contributed by atoms with E-state index in [1.54, 1.807) is 12.1 Å². The van der Waals surface area contributed by atoms with Crippen molar-refractivity contribution in [3.63, 3.8) is 0 Å². The number of benzene rings is 2.